The number of anilines is 2. The summed E-state index contributed by atoms with van der Waals surface area (Å²) in [6.07, 6.45) is 17.0. The molecule has 0 N–H and O–H groups in total. The van der Waals surface area contributed by atoms with Gasteiger partial charge in [-0.1, -0.05) is 175 Å². The summed E-state index contributed by atoms with van der Waals surface area (Å²) in [5.41, 5.74) is 17.9. The Morgan fingerprint density at radius 3 is 2.03 bits per heavy atom. The molecule has 1 spiro atoms. The summed E-state index contributed by atoms with van der Waals surface area (Å²) < 4.78 is 2.65. The van der Waals surface area contributed by atoms with E-state index in [1.54, 1.807) is 0 Å². The fourth-order valence-electron chi connectivity index (χ4n) is 11.3. The Bertz CT molecular complexity index is 3410. The van der Waals surface area contributed by atoms with Crippen molar-refractivity contribution in [1.29, 1.82) is 0 Å². The summed E-state index contributed by atoms with van der Waals surface area (Å²) in [6, 6.07) is 64.5. The van der Waals surface area contributed by atoms with E-state index in [1.807, 2.05) is 11.3 Å². The van der Waals surface area contributed by atoms with E-state index in [9.17, 15) is 0 Å². The van der Waals surface area contributed by atoms with Gasteiger partial charge >= 0.3 is 0 Å². The maximum atomic E-state index is 2.58. The van der Waals surface area contributed by atoms with Gasteiger partial charge in [0.1, 0.15) is 0 Å². The van der Waals surface area contributed by atoms with Crippen LogP contribution in [0.15, 0.2) is 218 Å². The number of hydrogen-bond acceptors (Lipinski definition) is 2. The van der Waals surface area contributed by atoms with E-state index in [1.165, 1.54) is 109 Å². The van der Waals surface area contributed by atoms with Crippen LogP contribution in [0.3, 0.4) is 0 Å². The zero-order valence-electron chi connectivity index (χ0n) is 33.7. The molecule has 2 atom stereocenters. The van der Waals surface area contributed by atoms with E-state index in [0.717, 1.165) is 19.3 Å². The molecule has 8 aromatic carbocycles. The third kappa shape index (κ3) is 5.06. The Morgan fingerprint density at radius 1 is 0.508 bits per heavy atom. The standard InChI is InChI=1S/C59H41NS/c1-3-14-38(15-4-1)39-26-29-42(30-27-39)60(44-32-35-50-49-21-9-12-25-55(49)61-56(50)37-44)43-31-34-48-46-19-7-10-23-52(46)59(54(48)36-43)53-24-11-8-20-47(53)51-22-13-18-41-28-33-45(58(59)57(41)51)40-16-5-2-6-17-40/h1-14,16-26,28-29,31-38H,15,27,30H2. The van der Waals surface area contributed by atoms with Crippen molar-refractivity contribution in [3.8, 4) is 33.4 Å². The summed E-state index contributed by atoms with van der Waals surface area (Å²) in [5.74, 6) is 0.472. The smallest absolute Gasteiger partial charge is 0.0732 e. The first-order valence-electron chi connectivity index (χ1n) is 21.7. The second-order valence-corrected chi connectivity index (χ2v) is 18.1. The first kappa shape index (κ1) is 34.8. The molecule has 9 aromatic rings. The van der Waals surface area contributed by atoms with Crippen molar-refractivity contribution in [3.63, 3.8) is 0 Å². The van der Waals surface area contributed by atoms with Crippen molar-refractivity contribution in [3.05, 3.63) is 240 Å². The van der Waals surface area contributed by atoms with Crippen LogP contribution < -0.4 is 4.90 Å². The molecule has 1 nitrogen and oxygen atoms in total. The summed E-state index contributed by atoms with van der Waals surface area (Å²) in [7, 11) is 0. The highest BCUT2D eigenvalue weighted by Gasteiger charge is 2.51. The van der Waals surface area contributed by atoms with Crippen molar-refractivity contribution in [1.82, 2.24) is 0 Å². The monoisotopic (exact) mass is 795 g/mol. The largest absolute Gasteiger partial charge is 0.314 e. The molecule has 13 rings (SSSR count). The zero-order valence-corrected chi connectivity index (χ0v) is 34.5. The minimum Gasteiger partial charge on any atom is -0.314 e. The summed E-state index contributed by atoms with van der Waals surface area (Å²) >= 11 is 1.89. The van der Waals surface area contributed by atoms with E-state index >= 15 is 0 Å². The molecule has 1 aromatic heterocycles. The van der Waals surface area contributed by atoms with E-state index in [4.69, 9.17) is 0 Å². The fraction of sp³-hybridized carbons (Fsp3) is 0.0847. The third-order valence-corrected chi connectivity index (χ3v) is 15.1. The predicted molar refractivity (Wildman–Crippen MR) is 259 cm³/mol. The molecule has 0 amide bonds. The van der Waals surface area contributed by atoms with E-state index in [0.29, 0.717) is 5.92 Å². The highest BCUT2D eigenvalue weighted by atomic mass is 32.1. The van der Waals surface area contributed by atoms with E-state index in [2.05, 4.69) is 211 Å². The van der Waals surface area contributed by atoms with Gasteiger partial charge in [-0.2, -0.15) is 0 Å². The second kappa shape index (κ2) is 13.5. The van der Waals surface area contributed by atoms with Gasteiger partial charge in [-0.15, -0.1) is 11.3 Å². The van der Waals surface area contributed by atoms with Crippen molar-refractivity contribution >= 4 is 53.7 Å². The van der Waals surface area contributed by atoms with Gasteiger partial charge in [0.2, 0.25) is 0 Å². The van der Waals surface area contributed by atoms with Gasteiger partial charge in [0.15, 0.2) is 0 Å². The zero-order chi connectivity index (χ0) is 40.1. The summed E-state index contributed by atoms with van der Waals surface area (Å²) in [4.78, 5) is 2.58. The Balaban J connectivity index is 1.10. The minimum absolute atomic E-state index is 0.472. The second-order valence-electron chi connectivity index (χ2n) is 17.0. The molecule has 4 aliphatic carbocycles. The van der Waals surface area contributed by atoms with Crippen molar-refractivity contribution in [2.75, 3.05) is 4.90 Å². The lowest BCUT2D eigenvalue weighted by atomic mass is 9.60. The first-order chi connectivity index (χ1) is 30.3. The average molecular weight is 796 g/mol. The van der Waals surface area contributed by atoms with Gasteiger partial charge in [-0.3, -0.25) is 0 Å². The van der Waals surface area contributed by atoms with Crippen LogP contribution in [-0.4, -0.2) is 0 Å². The van der Waals surface area contributed by atoms with E-state index < -0.39 is 5.41 Å². The molecule has 0 radical (unpaired) electrons. The number of thiophene rings is 1. The molecule has 0 saturated carbocycles. The van der Waals surface area contributed by atoms with Crippen molar-refractivity contribution in [2.24, 2.45) is 5.92 Å². The number of allylic oxidation sites excluding steroid dienone is 8. The maximum Gasteiger partial charge on any atom is 0.0732 e. The van der Waals surface area contributed by atoms with Gasteiger partial charge in [0.25, 0.3) is 0 Å². The molecule has 0 bridgehead atoms. The molecule has 0 fully saturated rings. The topological polar surface area (TPSA) is 3.24 Å². The normalized spacial score (nSPS) is 18.3. The van der Waals surface area contributed by atoms with Gasteiger partial charge in [0.05, 0.1) is 5.41 Å². The lowest BCUT2D eigenvalue weighted by Gasteiger charge is -2.42. The maximum absolute atomic E-state index is 2.58. The predicted octanol–water partition coefficient (Wildman–Crippen LogP) is 16.1. The van der Waals surface area contributed by atoms with Gasteiger partial charge in [0, 0.05) is 43.2 Å². The minimum atomic E-state index is -0.562. The number of fused-ring (bicyclic) bond motifs is 12. The number of benzene rings is 8. The Kier molecular flexibility index (Phi) is 7.71. The summed E-state index contributed by atoms with van der Waals surface area (Å²) in [5, 5.41) is 5.28. The third-order valence-electron chi connectivity index (χ3n) is 13.9. The van der Waals surface area contributed by atoms with Gasteiger partial charge in [-0.25, -0.2) is 0 Å². The molecule has 2 heteroatoms. The Hall–Kier alpha value is -7.00. The summed E-state index contributed by atoms with van der Waals surface area (Å²) in [6.45, 7) is 0. The molecular formula is C59H41NS. The van der Waals surface area contributed by atoms with Gasteiger partial charge in [-0.05, 0) is 122 Å². The van der Waals surface area contributed by atoms with Crippen molar-refractivity contribution < 1.29 is 0 Å². The molecule has 288 valence electrons. The molecule has 0 saturated heterocycles. The van der Waals surface area contributed by atoms with Crippen LogP contribution in [0.25, 0.3) is 64.3 Å². The first-order valence-corrected chi connectivity index (χ1v) is 22.5. The fourth-order valence-corrected chi connectivity index (χ4v) is 12.5. The van der Waals surface area contributed by atoms with Crippen LogP contribution in [-0.2, 0) is 5.41 Å². The highest BCUT2D eigenvalue weighted by molar-refractivity contribution is 7.25. The van der Waals surface area contributed by atoms with E-state index in [-0.39, 0.29) is 0 Å². The molecule has 2 unspecified atom stereocenters. The average Bonchev–Trinajstić information content (AvgIpc) is 3.84. The number of nitrogens with zero attached hydrogens (tertiary/aromatic N) is 1. The lowest BCUT2D eigenvalue weighted by molar-refractivity contribution is 0.698. The lowest BCUT2D eigenvalue weighted by Crippen LogP contribution is -2.33. The quantitative estimate of drug-likeness (QED) is 0.168. The van der Waals surface area contributed by atoms with Crippen molar-refractivity contribution in [2.45, 2.75) is 24.7 Å². The number of rotatable bonds is 5. The van der Waals surface area contributed by atoms with Crippen LogP contribution in [0.2, 0.25) is 0 Å². The molecule has 0 aliphatic heterocycles. The van der Waals surface area contributed by atoms with Gasteiger partial charge < -0.3 is 4.90 Å². The molecule has 1 heterocycles. The van der Waals surface area contributed by atoms with Crippen LogP contribution in [0.5, 0.6) is 0 Å². The van der Waals surface area contributed by atoms with Crippen LogP contribution in [0, 0.1) is 5.92 Å². The Morgan fingerprint density at radius 2 is 1.21 bits per heavy atom. The van der Waals surface area contributed by atoms with Crippen LogP contribution in [0.4, 0.5) is 11.4 Å². The molecule has 61 heavy (non-hydrogen) atoms. The van der Waals surface area contributed by atoms with Crippen LogP contribution >= 0.6 is 11.3 Å². The Labute approximate surface area is 360 Å². The highest BCUT2D eigenvalue weighted by Crippen LogP contribution is 2.64. The number of hydrogen-bond donors (Lipinski definition) is 0. The van der Waals surface area contributed by atoms with Crippen LogP contribution in [0.1, 0.15) is 41.5 Å². The SMILES string of the molecule is C1=CCC(C2=CC=C(N(c3ccc4c(c3)C3(c5ccccc5-4)c4ccccc4-c4cccc5ccc(-c6ccccc6)c3c45)c3ccc4c(c3)sc3ccccc34)CC2)C=C1. The molecule has 4 aliphatic rings. The molecular weight excluding hydrogens is 755 g/mol.